The van der Waals surface area contributed by atoms with Crippen LogP contribution in [0.15, 0.2) is 16.8 Å². The Morgan fingerprint density at radius 1 is 1.56 bits per heavy atom. The summed E-state index contributed by atoms with van der Waals surface area (Å²) in [7, 11) is -4.61. The van der Waals surface area contributed by atoms with Gasteiger partial charge in [0.2, 0.25) is 5.91 Å². The van der Waals surface area contributed by atoms with Gasteiger partial charge in [-0.1, -0.05) is 0 Å². The van der Waals surface area contributed by atoms with Crippen molar-refractivity contribution in [2.45, 2.75) is 18.2 Å². The number of hydrogen-bond acceptors (Lipinski definition) is 4. The van der Waals surface area contributed by atoms with Crippen molar-refractivity contribution in [2.24, 2.45) is 0 Å². The van der Waals surface area contributed by atoms with E-state index in [1.54, 1.807) is 0 Å². The first-order chi connectivity index (χ1) is 7.47. The number of carbonyl (C=O) groups is 1. The van der Waals surface area contributed by atoms with Crippen molar-refractivity contribution in [3.05, 3.63) is 22.4 Å². The highest BCUT2D eigenvalue weighted by Crippen LogP contribution is 2.22. The molecular weight excluding hydrogens is 253 g/mol. The van der Waals surface area contributed by atoms with E-state index in [9.17, 15) is 17.1 Å². The molecule has 7 heteroatoms. The first-order valence-electron chi connectivity index (χ1n) is 4.69. The van der Waals surface area contributed by atoms with Crippen LogP contribution in [0.1, 0.15) is 12.0 Å². The minimum atomic E-state index is -4.61. The molecule has 0 radical (unpaired) electrons. The van der Waals surface area contributed by atoms with E-state index in [0.717, 1.165) is 5.56 Å². The summed E-state index contributed by atoms with van der Waals surface area (Å²) in [6.45, 7) is 0.307. The number of rotatable bonds is 3. The summed E-state index contributed by atoms with van der Waals surface area (Å²) in [5, 5.41) is 2.56. The molecule has 2 heterocycles. The molecule has 1 aliphatic heterocycles. The SMILES string of the molecule is O=C1CC(S(=O)(=O)F)CN1Cc1ccsc1. The molecule has 1 aromatic heterocycles. The Hall–Kier alpha value is -0.950. The van der Waals surface area contributed by atoms with Gasteiger partial charge in [0.25, 0.3) is 0 Å². The van der Waals surface area contributed by atoms with Gasteiger partial charge in [-0.2, -0.15) is 19.8 Å². The zero-order chi connectivity index (χ0) is 11.8. The van der Waals surface area contributed by atoms with E-state index < -0.39 is 15.5 Å². The molecule has 1 aliphatic rings. The zero-order valence-electron chi connectivity index (χ0n) is 8.30. The zero-order valence-corrected chi connectivity index (χ0v) is 9.93. The second-order valence-corrected chi connectivity index (χ2v) is 6.11. The Bertz CT molecular complexity index is 483. The highest BCUT2D eigenvalue weighted by atomic mass is 32.3. The van der Waals surface area contributed by atoms with E-state index in [0.29, 0.717) is 6.54 Å². The van der Waals surface area contributed by atoms with Crippen molar-refractivity contribution in [1.29, 1.82) is 0 Å². The molecule has 0 saturated carbocycles. The topological polar surface area (TPSA) is 54.5 Å². The van der Waals surface area contributed by atoms with E-state index in [1.165, 1.54) is 16.2 Å². The molecule has 1 saturated heterocycles. The van der Waals surface area contributed by atoms with Gasteiger partial charge in [0.15, 0.2) is 0 Å². The Labute approximate surface area is 96.9 Å². The maximum atomic E-state index is 12.7. The minimum absolute atomic E-state index is 0.0481. The fraction of sp³-hybridized carbons (Fsp3) is 0.444. The van der Waals surface area contributed by atoms with Gasteiger partial charge in [-0.3, -0.25) is 4.79 Å². The van der Waals surface area contributed by atoms with Crippen molar-refractivity contribution in [3.63, 3.8) is 0 Å². The van der Waals surface area contributed by atoms with Gasteiger partial charge in [-0.05, 0) is 22.4 Å². The standard InChI is InChI=1S/C9H10FNO3S2/c10-16(13,14)8-3-9(12)11(5-8)4-7-1-2-15-6-7/h1-2,6,8H,3-5H2. The molecule has 1 fully saturated rings. The Kier molecular flexibility index (Phi) is 2.98. The largest absolute Gasteiger partial charge is 0.337 e. The van der Waals surface area contributed by atoms with Crippen LogP contribution >= 0.6 is 11.3 Å². The second kappa shape index (κ2) is 4.14. The fourth-order valence-electron chi connectivity index (χ4n) is 1.68. The number of nitrogens with zero attached hydrogens (tertiary/aromatic N) is 1. The average Bonchev–Trinajstić information content (AvgIpc) is 2.76. The predicted molar refractivity (Wildman–Crippen MR) is 58.2 cm³/mol. The molecule has 1 unspecified atom stereocenters. The molecule has 1 amide bonds. The summed E-state index contributed by atoms with van der Waals surface area (Å²) >= 11 is 1.50. The summed E-state index contributed by atoms with van der Waals surface area (Å²) in [5.41, 5.74) is 0.940. The molecule has 2 rings (SSSR count). The van der Waals surface area contributed by atoms with E-state index in [2.05, 4.69) is 0 Å². The molecule has 88 valence electrons. The van der Waals surface area contributed by atoms with Gasteiger partial charge in [-0.15, -0.1) is 3.89 Å². The normalized spacial score (nSPS) is 21.7. The predicted octanol–water partition coefficient (Wildman–Crippen LogP) is 1.15. The van der Waals surface area contributed by atoms with Crippen LogP contribution in [-0.4, -0.2) is 31.0 Å². The smallest absolute Gasteiger partial charge is 0.307 e. The van der Waals surface area contributed by atoms with Crippen LogP contribution in [-0.2, 0) is 21.6 Å². The van der Waals surface area contributed by atoms with Crippen LogP contribution in [0, 0.1) is 0 Å². The van der Waals surface area contributed by atoms with Gasteiger partial charge in [0, 0.05) is 19.5 Å². The van der Waals surface area contributed by atoms with Crippen LogP contribution in [0.3, 0.4) is 0 Å². The van der Waals surface area contributed by atoms with Crippen LogP contribution in [0.2, 0.25) is 0 Å². The van der Waals surface area contributed by atoms with Crippen LogP contribution < -0.4 is 0 Å². The Morgan fingerprint density at radius 2 is 2.31 bits per heavy atom. The minimum Gasteiger partial charge on any atom is -0.337 e. The van der Waals surface area contributed by atoms with E-state index >= 15 is 0 Å². The van der Waals surface area contributed by atoms with Crippen molar-refractivity contribution in [1.82, 2.24) is 4.90 Å². The molecule has 4 nitrogen and oxygen atoms in total. The van der Waals surface area contributed by atoms with Crippen molar-refractivity contribution < 1.29 is 17.1 Å². The summed E-state index contributed by atoms with van der Waals surface area (Å²) in [6.07, 6.45) is -0.247. The maximum absolute atomic E-state index is 12.7. The van der Waals surface area contributed by atoms with Gasteiger partial charge >= 0.3 is 10.2 Å². The maximum Gasteiger partial charge on any atom is 0.307 e. The molecule has 16 heavy (non-hydrogen) atoms. The molecule has 1 atom stereocenters. The first kappa shape index (κ1) is 11.5. The van der Waals surface area contributed by atoms with E-state index in [4.69, 9.17) is 0 Å². The first-order valence-corrected chi connectivity index (χ1v) is 7.08. The molecule has 0 spiro atoms. The summed E-state index contributed by atoms with van der Waals surface area (Å²) in [6, 6.07) is 1.86. The molecule has 0 aromatic carbocycles. The Balaban J connectivity index is 2.06. The lowest BCUT2D eigenvalue weighted by Gasteiger charge is -2.14. The third-order valence-electron chi connectivity index (χ3n) is 2.53. The lowest BCUT2D eigenvalue weighted by atomic mass is 10.3. The molecule has 0 aliphatic carbocycles. The number of halogens is 1. The second-order valence-electron chi connectivity index (χ2n) is 3.71. The number of likely N-dealkylation sites (tertiary alicyclic amines) is 1. The monoisotopic (exact) mass is 263 g/mol. The number of hydrogen-bond donors (Lipinski definition) is 0. The van der Waals surface area contributed by atoms with Gasteiger partial charge in [-0.25, -0.2) is 0 Å². The third kappa shape index (κ3) is 2.41. The molecule has 0 bridgehead atoms. The molecular formula is C9H10FNO3S2. The lowest BCUT2D eigenvalue weighted by Crippen LogP contribution is -2.26. The van der Waals surface area contributed by atoms with Gasteiger partial charge in [0.05, 0.1) is 0 Å². The highest BCUT2D eigenvalue weighted by molar-refractivity contribution is 7.87. The summed E-state index contributed by atoms with van der Waals surface area (Å²) in [4.78, 5) is 12.8. The molecule has 0 N–H and O–H groups in total. The van der Waals surface area contributed by atoms with Crippen LogP contribution in [0.4, 0.5) is 3.89 Å². The molecule has 1 aromatic rings. The highest BCUT2D eigenvalue weighted by Gasteiger charge is 2.38. The van der Waals surface area contributed by atoms with E-state index in [-0.39, 0.29) is 18.9 Å². The fourth-order valence-corrected chi connectivity index (χ4v) is 3.04. The van der Waals surface area contributed by atoms with Gasteiger partial charge in [0.1, 0.15) is 5.25 Å². The van der Waals surface area contributed by atoms with Crippen molar-refractivity contribution in [2.75, 3.05) is 6.54 Å². The summed E-state index contributed by atoms with van der Waals surface area (Å²) in [5.74, 6) is -0.308. The quantitative estimate of drug-likeness (QED) is 0.769. The van der Waals surface area contributed by atoms with E-state index in [1.807, 2.05) is 16.8 Å². The number of carbonyl (C=O) groups excluding carboxylic acids is 1. The summed E-state index contributed by atoms with van der Waals surface area (Å²) < 4.78 is 34.1. The Morgan fingerprint density at radius 3 is 2.81 bits per heavy atom. The average molecular weight is 263 g/mol. The number of amides is 1. The van der Waals surface area contributed by atoms with Crippen LogP contribution in [0.5, 0.6) is 0 Å². The van der Waals surface area contributed by atoms with Gasteiger partial charge < -0.3 is 4.90 Å². The van der Waals surface area contributed by atoms with Crippen molar-refractivity contribution >= 4 is 27.5 Å². The van der Waals surface area contributed by atoms with Crippen LogP contribution in [0.25, 0.3) is 0 Å². The van der Waals surface area contributed by atoms with Crippen molar-refractivity contribution in [3.8, 4) is 0 Å². The third-order valence-corrected chi connectivity index (χ3v) is 4.37. The lowest BCUT2D eigenvalue weighted by molar-refractivity contribution is -0.128. The number of thiophene rings is 1.